The third-order valence-electron chi connectivity index (χ3n) is 2.68. The lowest BCUT2D eigenvalue weighted by Gasteiger charge is -2.19. The fourth-order valence-corrected chi connectivity index (χ4v) is 2.70. The predicted octanol–water partition coefficient (Wildman–Crippen LogP) is 0.338. The SMILES string of the molecule is CNC(=O)c1ccnc(SC2CCC(=O)NC2=O)c1. The zero-order valence-corrected chi connectivity index (χ0v) is 11.1. The van der Waals surface area contributed by atoms with Crippen LogP contribution in [0.2, 0.25) is 0 Å². The normalized spacial score (nSPS) is 18.9. The van der Waals surface area contributed by atoms with Gasteiger partial charge in [0.2, 0.25) is 11.8 Å². The van der Waals surface area contributed by atoms with Gasteiger partial charge in [-0.05, 0) is 18.6 Å². The lowest BCUT2D eigenvalue weighted by molar-refractivity contribution is -0.132. The molecule has 0 saturated carbocycles. The van der Waals surface area contributed by atoms with Crippen LogP contribution >= 0.6 is 11.8 Å². The lowest BCUT2D eigenvalue weighted by atomic mass is 10.1. The summed E-state index contributed by atoms with van der Waals surface area (Å²) in [4.78, 5) is 38.3. The molecule has 1 aliphatic rings. The van der Waals surface area contributed by atoms with Crippen LogP contribution in [0.3, 0.4) is 0 Å². The van der Waals surface area contributed by atoms with Gasteiger partial charge in [-0.15, -0.1) is 0 Å². The first-order valence-electron chi connectivity index (χ1n) is 5.78. The van der Waals surface area contributed by atoms with E-state index < -0.39 is 0 Å². The van der Waals surface area contributed by atoms with E-state index >= 15 is 0 Å². The molecule has 0 bridgehead atoms. The van der Waals surface area contributed by atoms with E-state index in [0.717, 1.165) is 0 Å². The highest BCUT2D eigenvalue weighted by molar-refractivity contribution is 8.00. The Balaban J connectivity index is 2.09. The molecule has 2 heterocycles. The van der Waals surface area contributed by atoms with E-state index in [2.05, 4.69) is 15.6 Å². The maximum Gasteiger partial charge on any atom is 0.251 e. The molecule has 0 aromatic carbocycles. The van der Waals surface area contributed by atoms with E-state index in [1.807, 2.05) is 0 Å². The molecule has 19 heavy (non-hydrogen) atoms. The fraction of sp³-hybridized carbons (Fsp3) is 0.333. The van der Waals surface area contributed by atoms with E-state index in [4.69, 9.17) is 0 Å². The van der Waals surface area contributed by atoms with Crippen LogP contribution in [0.4, 0.5) is 0 Å². The topological polar surface area (TPSA) is 88.2 Å². The summed E-state index contributed by atoms with van der Waals surface area (Å²) in [7, 11) is 1.55. The number of hydrogen-bond donors (Lipinski definition) is 2. The van der Waals surface area contributed by atoms with Crippen molar-refractivity contribution in [3.05, 3.63) is 23.9 Å². The number of rotatable bonds is 3. The Labute approximate surface area is 114 Å². The number of aromatic nitrogens is 1. The zero-order valence-electron chi connectivity index (χ0n) is 10.3. The summed E-state index contributed by atoms with van der Waals surface area (Å²) in [6.07, 6.45) is 2.35. The van der Waals surface area contributed by atoms with Crippen LogP contribution in [0.25, 0.3) is 0 Å². The smallest absolute Gasteiger partial charge is 0.251 e. The van der Waals surface area contributed by atoms with Gasteiger partial charge < -0.3 is 5.32 Å². The predicted molar refractivity (Wildman–Crippen MR) is 69.7 cm³/mol. The number of carbonyl (C=O) groups is 3. The first-order valence-corrected chi connectivity index (χ1v) is 6.66. The average molecular weight is 279 g/mol. The molecule has 100 valence electrons. The van der Waals surface area contributed by atoms with E-state index in [9.17, 15) is 14.4 Å². The number of pyridine rings is 1. The Kier molecular flexibility index (Phi) is 4.16. The van der Waals surface area contributed by atoms with Crippen molar-refractivity contribution in [1.29, 1.82) is 0 Å². The molecule has 1 saturated heterocycles. The number of piperidine rings is 1. The number of carbonyl (C=O) groups excluding carboxylic acids is 3. The Morgan fingerprint density at radius 1 is 1.53 bits per heavy atom. The maximum absolute atomic E-state index is 11.6. The highest BCUT2D eigenvalue weighted by atomic mass is 32.2. The highest BCUT2D eigenvalue weighted by Crippen LogP contribution is 2.27. The molecule has 1 aromatic heterocycles. The molecule has 2 N–H and O–H groups in total. The lowest BCUT2D eigenvalue weighted by Crippen LogP contribution is -2.42. The molecule has 0 radical (unpaired) electrons. The van der Waals surface area contributed by atoms with Gasteiger partial charge in [0.25, 0.3) is 5.91 Å². The molecule has 1 aliphatic heterocycles. The quantitative estimate of drug-likeness (QED) is 0.779. The molecule has 1 aromatic rings. The molecular formula is C12H13N3O3S. The van der Waals surface area contributed by atoms with Crippen molar-refractivity contribution < 1.29 is 14.4 Å². The molecule has 6 nitrogen and oxygen atoms in total. The number of thioether (sulfide) groups is 1. The van der Waals surface area contributed by atoms with Crippen LogP contribution in [-0.4, -0.2) is 35.0 Å². The van der Waals surface area contributed by atoms with Crippen LogP contribution in [0.15, 0.2) is 23.4 Å². The van der Waals surface area contributed by atoms with E-state index in [1.54, 1.807) is 19.2 Å². The minimum atomic E-state index is -0.342. The number of hydrogen-bond acceptors (Lipinski definition) is 5. The Hall–Kier alpha value is -1.89. The van der Waals surface area contributed by atoms with Gasteiger partial charge in [0.05, 0.1) is 10.3 Å². The minimum absolute atomic E-state index is 0.201. The van der Waals surface area contributed by atoms with Crippen molar-refractivity contribution in [3.63, 3.8) is 0 Å². The second-order valence-electron chi connectivity index (χ2n) is 4.02. The molecule has 1 fully saturated rings. The summed E-state index contributed by atoms with van der Waals surface area (Å²) in [5, 5.41) is 5.07. The first-order chi connectivity index (χ1) is 9.10. The molecule has 0 spiro atoms. The van der Waals surface area contributed by atoms with Gasteiger partial charge in [0.15, 0.2) is 0 Å². The fourth-order valence-electron chi connectivity index (χ4n) is 1.69. The van der Waals surface area contributed by atoms with Crippen molar-refractivity contribution >= 4 is 29.5 Å². The third kappa shape index (κ3) is 3.31. The largest absolute Gasteiger partial charge is 0.355 e. The highest BCUT2D eigenvalue weighted by Gasteiger charge is 2.27. The van der Waals surface area contributed by atoms with Gasteiger partial charge >= 0.3 is 0 Å². The number of imide groups is 1. The summed E-state index contributed by atoms with van der Waals surface area (Å²) < 4.78 is 0. The summed E-state index contributed by atoms with van der Waals surface area (Å²) in [5.41, 5.74) is 0.493. The van der Waals surface area contributed by atoms with Crippen LogP contribution in [0.5, 0.6) is 0 Å². The van der Waals surface area contributed by atoms with Crippen molar-refractivity contribution in [2.24, 2.45) is 0 Å². The van der Waals surface area contributed by atoms with Crippen molar-refractivity contribution in [1.82, 2.24) is 15.6 Å². The molecule has 3 amide bonds. The third-order valence-corrected chi connectivity index (χ3v) is 3.87. The molecule has 7 heteroatoms. The molecule has 1 atom stereocenters. The van der Waals surface area contributed by atoms with Crippen molar-refractivity contribution in [2.75, 3.05) is 7.05 Å². The summed E-state index contributed by atoms with van der Waals surface area (Å²) in [5.74, 6) is -0.741. The Bertz CT molecular complexity index is 533. The van der Waals surface area contributed by atoms with Gasteiger partial charge in [-0.3, -0.25) is 19.7 Å². The van der Waals surface area contributed by atoms with E-state index in [0.29, 0.717) is 23.4 Å². The van der Waals surface area contributed by atoms with Gasteiger partial charge in [-0.2, -0.15) is 0 Å². The van der Waals surface area contributed by atoms with Gasteiger partial charge in [0, 0.05) is 25.2 Å². The van der Waals surface area contributed by atoms with E-state index in [-0.39, 0.29) is 23.0 Å². The molecule has 1 unspecified atom stereocenters. The first kappa shape index (κ1) is 13.5. The van der Waals surface area contributed by atoms with Crippen LogP contribution in [0.1, 0.15) is 23.2 Å². The number of nitrogens with one attached hydrogen (secondary N) is 2. The summed E-state index contributed by atoms with van der Waals surface area (Å²) in [6.45, 7) is 0. The van der Waals surface area contributed by atoms with Gasteiger partial charge in [-0.25, -0.2) is 4.98 Å². The number of nitrogens with zero attached hydrogens (tertiary/aromatic N) is 1. The van der Waals surface area contributed by atoms with Crippen LogP contribution in [0, 0.1) is 0 Å². The second kappa shape index (κ2) is 5.83. The van der Waals surface area contributed by atoms with Crippen LogP contribution in [-0.2, 0) is 9.59 Å². The van der Waals surface area contributed by atoms with Gasteiger partial charge in [-0.1, -0.05) is 11.8 Å². The van der Waals surface area contributed by atoms with Crippen molar-refractivity contribution in [2.45, 2.75) is 23.1 Å². The maximum atomic E-state index is 11.6. The Morgan fingerprint density at radius 2 is 2.32 bits per heavy atom. The van der Waals surface area contributed by atoms with Crippen molar-refractivity contribution in [3.8, 4) is 0 Å². The number of amides is 3. The minimum Gasteiger partial charge on any atom is -0.355 e. The average Bonchev–Trinajstić information content (AvgIpc) is 2.41. The van der Waals surface area contributed by atoms with E-state index in [1.165, 1.54) is 18.0 Å². The second-order valence-corrected chi connectivity index (χ2v) is 5.24. The molecular weight excluding hydrogens is 266 g/mol. The van der Waals surface area contributed by atoms with Gasteiger partial charge in [0.1, 0.15) is 0 Å². The molecule has 0 aliphatic carbocycles. The Morgan fingerprint density at radius 3 is 3.00 bits per heavy atom. The summed E-state index contributed by atoms with van der Waals surface area (Å²) in [6, 6.07) is 3.24. The zero-order chi connectivity index (χ0) is 13.8. The monoisotopic (exact) mass is 279 g/mol. The standard InChI is InChI=1S/C12H13N3O3S/c1-13-11(17)7-4-5-14-10(6-7)19-8-2-3-9(16)15-12(8)18/h4-6,8H,2-3H2,1H3,(H,13,17)(H,15,16,18). The molecule has 2 rings (SSSR count). The van der Waals surface area contributed by atoms with Crippen LogP contribution < -0.4 is 10.6 Å². The summed E-state index contributed by atoms with van der Waals surface area (Å²) >= 11 is 1.26.